The number of hydrogen-bond donors (Lipinski definition) is 3. The van der Waals surface area contributed by atoms with Crippen LogP contribution in [0.4, 0.5) is 0 Å². The zero-order chi connectivity index (χ0) is 9.97. The van der Waals surface area contributed by atoms with Crippen molar-refractivity contribution in [2.75, 3.05) is 0 Å². The van der Waals surface area contributed by atoms with Crippen LogP contribution in [0.25, 0.3) is 0 Å². The van der Waals surface area contributed by atoms with Crippen LogP contribution in [0, 0.1) is 6.92 Å². The predicted molar refractivity (Wildman–Crippen MR) is 55.8 cm³/mol. The lowest BCUT2D eigenvalue weighted by Gasteiger charge is -2.11. The van der Waals surface area contributed by atoms with E-state index in [0.717, 1.165) is 25.1 Å². The van der Waals surface area contributed by atoms with Gasteiger partial charge in [-0.15, -0.1) is 0 Å². The maximum atomic E-state index is 5.85. The van der Waals surface area contributed by atoms with Gasteiger partial charge in [-0.2, -0.15) is 5.10 Å². The minimum Gasteiger partial charge on any atom is -0.328 e. The summed E-state index contributed by atoms with van der Waals surface area (Å²) in [6.45, 7) is 2.95. The normalized spacial score (nSPS) is 27.0. The molecule has 1 aliphatic carbocycles. The van der Waals surface area contributed by atoms with Gasteiger partial charge in [0, 0.05) is 29.9 Å². The molecule has 0 saturated heterocycles. The molecule has 1 aliphatic rings. The van der Waals surface area contributed by atoms with Crippen LogP contribution in [0.1, 0.15) is 30.5 Å². The number of aromatic amines is 1. The number of hydrogen-bond acceptors (Lipinski definition) is 3. The third kappa shape index (κ3) is 2.13. The van der Waals surface area contributed by atoms with Crippen LogP contribution in [-0.4, -0.2) is 22.3 Å². The number of H-pyrrole nitrogens is 1. The highest BCUT2D eigenvalue weighted by Crippen LogP contribution is 2.17. The summed E-state index contributed by atoms with van der Waals surface area (Å²) in [7, 11) is 0. The molecule has 0 amide bonds. The Balaban J connectivity index is 1.80. The first-order chi connectivity index (χ1) is 6.75. The fraction of sp³-hybridized carbons (Fsp3) is 0.700. The van der Waals surface area contributed by atoms with Gasteiger partial charge in [0.25, 0.3) is 0 Å². The van der Waals surface area contributed by atoms with Crippen molar-refractivity contribution in [3.05, 3.63) is 17.5 Å². The molecule has 2 atom stereocenters. The summed E-state index contributed by atoms with van der Waals surface area (Å²) in [4.78, 5) is 0. The molecule has 1 heterocycles. The van der Waals surface area contributed by atoms with Crippen LogP contribution in [0.5, 0.6) is 0 Å². The summed E-state index contributed by atoms with van der Waals surface area (Å²) in [5.41, 5.74) is 8.25. The number of nitrogens with zero attached hydrogens (tertiary/aromatic N) is 1. The maximum absolute atomic E-state index is 5.85. The molecule has 4 heteroatoms. The van der Waals surface area contributed by atoms with E-state index in [1.807, 2.05) is 13.1 Å². The van der Waals surface area contributed by atoms with E-state index in [2.05, 4.69) is 15.5 Å². The van der Waals surface area contributed by atoms with Crippen molar-refractivity contribution < 1.29 is 0 Å². The molecule has 0 aliphatic heterocycles. The Morgan fingerprint density at radius 1 is 1.64 bits per heavy atom. The van der Waals surface area contributed by atoms with E-state index in [-0.39, 0.29) is 0 Å². The maximum Gasteiger partial charge on any atom is 0.0535 e. The molecule has 0 radical (unpaired) electrons. The van der Waals surface area contributed by atoms with Crippen molar-refractivity contribution in [3.63, 3.8) is 0 Å². The van der Waals surface area contributed by atoms with E-state index in [0.29, 0.717) is 12.1 Å². The van der Waals surface area contributed by atoms with Crippen molar-refractivity contribution in [1.82, 2.24) is 15.5 Å². The fourth-order valence-electron chi connectivity index (χ4n) is 2.01. The highest BCUT2D eigenvalue weighted by Gasteiger charge is 2.20. The summed E-state index contributed by atoms with van der Waals surface area (Å²) < 4.78 is 0. The van der Waals surface area contributed by atoms with Crippen molar-refractivity contribution in [1.29, 1.82) is 0 Å². The van der Waals surface area contributed by atoms with E-state index < -0.39 is 0 Å². The van der Waals surface area contributed by atoms with E-state index >= 15 is 0 Å². The Labute approximate surface area is 84.3 Å². The van der Waals surface area contributed by atoms with Gasteiger partial charge in [-0.05, 0) is 26.2 Å². The molecule has 1 saturated carbocycles. The van der Waals surface area contributed by atoms with Gasteiger partial charge < -0.3 is 11.1 Å². The second-order valence-electron chi connectivity index (χ2n) is 4.17. The third-order valence-electron chi connectivity index (χ3n) is 2.99. The minimum absolute atomic E-state index is 0.401. The smallest absolute Gasteiger partial charge is 0.0535 e. The first-order valence-corrected chi connectivity index (χ1v) is 5.23. The van der Waals surface area contributed by atoms with Crippen LogP contribution >= 0.6 is 0 Å². The Bertz CT molecular complexity index is 294. The van der Waals surface area contributed by atoms with Crippen LogP contribution in [-0.2, 0) is 6.54 Å². The Morgan fingerprint density at radius 2 is 2.50 bits per heavy atom. The number of aromatic nitrogens is 2. The second-order valence-corrected chi connectivity index (χ2v) is 4.17. The predicted octanol–water partition coefficient (Wildman–Crippen LogP) is 0.688. The highest BCUT2D eigenvalue weighted by molar-refractivity contribution is 5.14. The van der Waals surface area contributed by atoms with Crippen molar-refractivity contribution in [2.45, 2.75) is 44.8 Å². The van der Waals surface area contributed by atoms with Gasteiger partial charge in [0.1, 0.15) is 0 Å². The monoisotopic (exact) mass is 194 g/mol. The van der Waals surface area contributed by atoms with Gasteiger partial charge in [0.15, 0.2) is 0 Å². The molecule has 0 bridgehead atoms. The number of nitrogens with two attached hydrogens (primary N) is 1. The molecule has 14 heavy (non-hydrogen) atoms. The average molecular weight is 194 g/mol. The topological polar surface area (TPSA) is 66.7 Å². The second kappa shape index (κ2) is 4.11. The van der Waals surface area contributed by atoms with Gasteiger partial charge in [0.2, 0.25) is 0 Å². The number of nitrogens with one attached hydrogen (secondary N) is 2. The Morgan fingerprint density at radius 3 is 3.07 bits per heavy atom. The Hall–Kier alpha value is -0.870. The highest BCUT2D eigenvalue weighted by atomic mass is 15.1. The van der Waals surface area contributed by atoms with E-state index in [1.54, 1.807) is 0 Å². The van der Waals surface area contributed by atoms with E-state index in [4.69, 9.17) is 5.73 Å². The molecular formula is C10H18N4. The van der Waals surface area contributed by atoms with Crippen LogP contribution in [0.3, 0.4) is 0 Å². The first-order valence-electron chi connectivity index (χ1n) is 5.23. The van der Waals surface area contributed by atoms with Crippen LogP contribution < -0.4 is 11.1 Å². The minimum atomic E-state index is 0.401. The fourth-order valence-corrected chi connectivity index (χ4v) is 2.01. The molecule has 1 aromatic rings. The largest absolute Gasteiger partial charge is 0.328 e. The Kier molecular flexibility index (Phi) is 2.84. The van der Waals surface area contributed by atoms with Gasteiger partial charge in [-0.1, -0.05) is 0 Å². The van der Waals surface area contributed by atoms with Crippen LogP contribution in [0.2, 0.25) is 0 Å². The molecule has 1 aromatic heterocycles. The zero-order valence-corrected chi connectivity index (χ0v) is 8.59. The summed E-state index contributed by atoms with van der Waals surface area (Å²) in [6, 6.07) is 0.997. The van der Waals surface area contributed by atoms with Crippen molar-refractivity contribution in [2.24, 2.45) is 5.73 Å². The van der Waals surface area contributed by atoms with Crippen molar-refractivity contribution >= 4 is 0 Å². The molecular weight excluding hydrogens is 176 g/mol. The SMILES string of the molecule is Cc1[nH]ncc1CNC1CCC(N)C1. The molecule has 78 valence electrons. The first kappa shape index (κ1) is 9.68. The van der Waals surface area contributed by atoms with Gasteiger partial charge in [0.05, 0.1) is 6.20 Å². The van der Waals surface area contributed by atoms with E-state index in [1.165, 1.54) is 12.0 Å². The molecule has 0 aromatic carbocycles. The quantitative estimate of drug-likeness (QED) is 0.663. The molecule has 2 rings (SSSR count). The standard InChI is InChI=1S/C10H18N4/c1-7-8(6-13-14-7)5-12-10-3-2-9(11)4-10/h6,9-10,12H,2-5,11H2,1H3,(H,13,14). The number of aryl methyl sites for hydroxylation is 1. The lowest BCUT2D eigenvalue weighted by Crippen LogP contribution is -2.28. The molecule has 4 N–H and O–H groups in total. The van der Waals surface area contributed by atoms with Gasteiger partial charge in [-0.3, -0.25) is 5.10 Å². The zero-order valence-electron chi connectivity index (χ0n) is 8.59. The van der Waals surface area contributed by atoms with Crippen molar-refractivity contribution in [3.8, 4) is 0 Å². The molecule has 0 spiro atoms. The van der Waals surface area contributed by atoms with Gasteiger partial charge >= 0.3 is 0 Å². The lowest BCUT2D eigenvalue weighted by atomic mass is 10.2. The third-order valence-corrected chi connectivity index (χ3v) is 2.99. The summed E-state index contributed by atoms with van der Waals surface area (Å²) in [5, 5.41) is 10.4. The summed E-state index contributed by atoms with van der Waals surface area (Å²) in [6.07, 6.45) is 5.36. The number of rotatable bonds is 3. The van der Waals surface area contributed by atoms with E-state index in [9.17, 15) is 0 Å². The average Bonchev–Trinajstić information content (AvgIpc) is 2.72. The summed E-state index contributed by atoms with van der Waals surface area (Å²) >= 11 is 0. The summed E-state index contributed by atoms with van der Waals surface area (Å²) in [5.74, 6) is 0. The molecule has 4 nitrogen and oxygen atoms in total. The molecule has 1 fully saturated rings. The van der Waals surface area contributed by atoms with Gasteiger partial charge in [-0.25, -0.2) is 0 Å². The lowest BCUT2D eigenvalue weighted by molar-refractivity contribution is 0.516. The molecule has 2 unspecified atom stereocenters. The van der Waals surface area contributed by atoms with Crippen LogP contribution in [0.15, 0.2) is 6.20 Å².